The molecule has 1 aliphatic carbocycles. The van der Waals surface area contributed by atoms with Crippen LogP contribution < -0.4 is 5.32 Å². The number of nitrogens with zero attached hydrogens (tertiary/aromatic N) is 3. The number of imidazole rings is 1. The van der Waals surface area contributed by atoms with E-state index in [1.807, 2.05) is 0 Å². The van der Waals surface area contributed by atoms with E-state index in [2.05, 4.69) is 42.9 Å². The quantitative estimate of drug-likeness (QED) is 0.912. The Labute approximate surface area is 138 Å². The minimum Gasteiger partial charge on any atom is -0.350 e. The van der Waals surface area contributed by atoms with E-state index in [4.69, 9.17) is 4.98 Å². The number of amides is 1. The summed E-state index contributed by atoms with van der Waals surface area (Å²) >= 11 is 0. The van der Waals surface area contributed by atoms with Crippen molar-refractivity contribution in [1.29, 1.82) is 5.26 Å². The van der Waals surface area contributed by atoms with E-state index < -0.39 is 5.41 Å². The molecule has 0 spiro atoms. The zero-order chi connectivity index (χ0) is 16.7. The van der Waals surface area contributed by atoms with Gasteiger partial charge in [-0.05, 0) is 19.3 Å². The van der Waals surface area contributed by atoms with E-state index in [0.29, 0.717) is 12.8 Å². The number of aryl methyl sites for hydroxylation is 1. The number of carbonyl (C=O) groups is 1. The summed E-state index contributed by atoms with van der Waals surface area (Å²) in [5.74, 6) is 1.04. The van der Waals surface area contributed by atoms with Crippen molar-refractivity contribution in [2.75, 3.05) is 0 Å². The fraction of sp³-hybridized carbons (Fsp3) is 0.722. The molecule has 2 heterocycles. The molecule has 1 amide bonds. The van der Waals surface area contributed by atoms with Gasteiger partial charge in [0.15, 0.2) is 0 Å². The van der Waals surface area contributed by atoms with E-state index in [0.717, 1.165) is 43.7 Å². The molecular weight excluding hydrogens is 288 g/mol. The lowest BCUT2D eigenvalue weighted by molar-refractivity contribution is -0.128. The Morgan fingerprint density at radius 1 is 1.43 bits per heavy atom. The van der Waals surface area contributed by atoms with Gasteiger partial charge in [0, 0.05) is 30.6 Å². The lowest BCUT2D eigenvalue weighted by atomic mass is 9.86. The average Bonchev–Trinajstić information content (AvgIpc) is 3.13. The number of nitrogens with one attached hydrogen (secondary N) is 1. The van der Waals surface area contributed by atoms with E-state index in [1.165, 1.54) is 0 Å². The SMILES string of the molecule is CC(C)(C)c1cn2c(n1)CC[C@H](NC(=O)C1(C#N)CCCC1)C2. The third-order valence-corrected chi connectivity index (χ3v) is 5.20. The largest absolute Gasteiger partial charge is 0.350 e. The van der Waals surface area contributed by atoms with E-state index >= 15 is 0 Å². The first kappa shape index (κ1) is 16.0. The molecule has 2 aliphatic rings. The van der Waals surface area contributed by atoms with Crippen LogP contribution in [0.5, 0.6) is 0 Å². The summed E-state index contributed by atoms with van der Waals surface area (Å²) in [6, 6.07) is 2.38. The first-order valence-electron chi connectivity index (χ1n) is 8.63. The Morgan fingerprint density at radius 3 is 2.74 bits per heavy atom. The molecule has 1 atom stereocenters. The Hall–Kier alpha value is -1.83. The number of rotatable bonds is 2. The lowest BCUT2D eigenvalue weighted by Crippen LogP contribution is -2.47. The third-order valence-electron chi connectivity index (χ3n) is 5.20. The van der Waals surface area contributed by atoms with Gasteiger partial charge < -0.3 is 9.88 Å². The summed E-state index contributed by atoms with van der Waals surface area (Å²) in [6.07, 6.45) is 7.25. The molecule has 1 aliphatic heterocycles. The average molecular weight is 314 g/mol. The molecule has 1 fully saturated rings. The highest BCUT2D eigenvalue weighted by Gasteiger charge is 2.42. The summed E-state index contributed by atoms with van der Waals surface area (Å²) < 4.78 is 2.17. The van der Waals surface area contributed by atoms with Crippen molar-refractivity contribution in [3.8, 4) is 6.07 Å². The lowest BCUT2D eigenvalue weighted by Gasteiger charge is -2.28. The summed E-state index contributed by atoms with van der Waals surface area (Å²) in [5, 5.41) is 12.6. The Balaban J connectivity index is 1.69. The smallest absolute Gasteiger partial charge is 0.240 e. The standard InChI is InChI=1S/C18H26N4O/c1-17(2,3)14-11-22-10-13(6-7-15(22)21-14)20-16(23)18(12-19)8-4-5-9-18/h11,13H,4-10H2,1-3H3,(H,20,23)/t13-/m0/s1. The molecule has 1 aromatic heterocycles. The third kappa shape index (κ3) is 2.99. The van der Waals surface area contributed by atoms with Gasteiger partial charge >= 0.3 is 0 Å². The molecule has 23 heavy (non-hydrogen) atoms. The highest BCUT2D eigenvalue weighted by atomic mass is 16.2. The highest BCUT2D eigenvalue weighted by Crippen LogP contribution is 2.38. The number of hydrogen-bond acceptors (Lipinski definition) is 3. The molecule has 1 N–H and O–H groups in total. The minimum atomic E-state index is -0.786. The van der Waals surface area contributed by atoms with Crippen LogP contribution in [0.4, 0.5) is 0 Å². The number of fused-ring (bicyclic) bond motifs is 1. The molecule has 5 heteroatoms. The van der Waals surface area contributed by atoms with Crippen LogP contribution >= 0.6 is 0 Å². The maximum atomic E-state index is 12.6. The van der Waals surface area contributed by atoms with Crippen molar-refractivity contribution in [2.45, 2.75) is 77.3 Å². The first-order valence-corrected chi connectivity index (χ1v) is 8.63. The monoisotopic (exact) mass is 314 g/mol. The molecule has 124 valence electrons. The van der Waals surface area contributed by atoms with Crippen molar-refractivity contribution in [2.24, 2.45) is 5.41 Å². The molecule has 0 aromatic carbocycles. The van der Waals surface area contributed by atoms with Crippen LogP contribution in [0.25, 0.3) is 0 Å². The molecule has 3 rings (SSSR count). The molecular formula is C18H26N4O. The number of aromatic nitrogens is 2. The predicted molar refractivity (Wildman–Crippen MR) is 87.7 cm³/mol. The zero-order valence-corrected chi connectivity index (χ0v) is 14.4. The minimum absolute atomic E-state index is 0.0395. The van der Waals surface area contributed by atoms with E-state index in [9.17, 15) is 10.1 Å². The van der Waals surface area contributed by atoms with Crippen molar-refractivity contribution in [3.63, 3.8) is 0 Å². The zero-order valence-electron chi connectivity index (χ0n) is 14.4. The fourth-order valence-corrected chi connectivity index (χ4v) is 3.61. The molecule has 5 nitrogen and oxygen atoms in total. The number of carbonyl (C=O) groups excluding carboxylic acids is 1. The predicted octanol–water partition coefficient (Wildman–Crippen LogP) is 2.70. The second-order valence-corrected chi connectivity index (χ2v) is 8.05. The second kappa shape index (κ2) is 5.67. The molecule has 0 bridgehead atoms. The summed E-state index contributed by atoms with van der Waals surface area (Å²) in [5.41, 5.74) is 0.354. The molecule has 0 saturated heterocycles. The Kier molecular flexibility index (Phi) is 3.95. The Morgan fingerprint density at radius 2 is 2.13 bits per heavy atom. The van der Waals surface area contributed by atoms with Crippen molar-refractivity contribution >= 4 is 5.91 Å². The van der Waals surface area contributed by atoms with Gasteiger partial charge in [-0.3, -0.25) is 4.79 Å². The normalized spacial score (nSPS) is 23.1. The van der Waals surface area contributed by atoms with Gasteiger partial charge in [0.05, 0.1) is 11.8 Å². The van der Waals surface area contributed by atoms with Gasteiger partial charge in [-0.1, -0.05) is 33.6 Å². The van der Waals surface area contributed by atoms with Crippen LogP contribution in [-0.4, -0.2) is 21.5 Å². The van der Waals surface area contributed by atoms with Gasteiger partial charge in [-0.25, -0.2) is 4.98 Å². The second-order valence-electron chi connectivity index (χ2n) is 8.05. The molecule has 0 radical (unpaired) electrons. The fourth-order valence-electron chi connectivity index (χ4n) is 3.61. The van der Waals surface area contributed by atoms with Crippen LogP contribution in [0, 0.1) is 16.7 Å². The summed E-state index contributed by atoms with van der Waals surface area (Å²) in [4.78, 5) is 17.3. The van der Waals surface area contributed by atoms with Gasteiger partial charge in [0.25, 0.3) is 0 Å². The van der Waals surface area contributed by atoms with Crippen LogP contribution in [0.2, 0.25) is 0 Å². The first-order chi connectivity index (χ1) is 10.8. The van der Waals surface area contributed by atoms with Crippen LogP contribution in [0.1, 0.15) is 64.4 Å². The topological polar surface area (TPSA) is 70.7 Å². The van der Waals surface area contributed by atoms with Crippen molar-refractivity contribution in [3.05, 3.63) is 17.7 Å². The summed E-state index contributed by atoms with van der Waals surface area (Å²) in [6.45, 7) is 7.25. The Bertz CT molecular complexity index is 641. The van der Waals surface area contributed by atoms with Crippen LogP contribution in [0.3, 0.4) is 0 Å². The molecule has 1 saturated carbocycles. The van der Waals surface area contributed by atoms with E-state index in [-0.39, 0.29) is 17.4 Å². The maximum absolute atomic E-state index is 12.6. The van der Waals surface area contributed by atoms with Crippen LogP contribution in [0.15, 0.2) is 6.20 Å². The van der Waals surface area contributed by atoms with Gasteiger partial charge in [0.2, 0.25) is 5.91 Å². The number of nitriles is 1. The van der Waals surface area contributed by atoms with E-state index in [1.54, 1.807) is 0 Å². The van der Waals surface area contributed by atoms with Crippen molar-refractivity contribution in [1.82, 2.24) is 14.9 Å². The molecule has 1 aromatic rings. The van der Waals surface area contributed by atoms with Gasteiger partial charge in [-0.2, -0.15) is 5.26 Å². The number of hydrogen-bond donors (Lipinski definition) is 1. The summed E-state index contributed by atoms with van der Waals surface area (Å²) in [7, 11) is 0. The van der Waals surface area contributed by atoms with Gasteiger partial charge in [-0.15, -0.1) is 0 Å². The van der Waals surface area contributed by atoms with Crippen LogP contribution in [-0.2, 0) is 23.2 Å². The maximum Gasteiger partial charge on any atom is 0.240 e. The van der Waals surface area contributed by atoms with Crippen molar-refractivity contribution < 1.29 is 4.79 Å². The molecule has 0 unspecified atom stereocenters. The highest BCUT2D eigenvalue weighted by molar-refractivity contribution is 5.86. The van der Waals surface area contributed by atoms with Gasteiger partial charge in [0.1, 0.15) is 11.2 Å².